The quantitative estimate of drug-likeness (QED) is 0.520. The first-order valence-electron chi connectivity index (χ1n) is 11.7. The summed E-state index contributed by atoms with van der Waals surface area (Å²) in [5, 5.41) is 4.85. The average molecular weight is 482 g/mol. The molecular weight excluding hydrogens is 453 g/mol. The van der Waals surface area contributed by atoms with Gasteiger partial charge in [0.1, 0.15) is 5.82 Å². The zero-order chi connectivity index (χ0) is 23.5. The lowest BCUT2D eigenvalue weighted by atomic mass is 9.95. The van der Waals surface area contributed by atoms with Crippen molar-refractivity contribution in [2.24, 2.45) is 5.92 Å². The molecule has 0 N–H and O–H groups in total. The summed E-state index contributed by atoms with van der Waals surface area (Å²) >= 11 is 5.82. The zero-order valence-electron chi connectivity index (χ0n) is 19.0. The van der Waals surface area contributed by atoms with Crippen molar-refractivity contribution in [1.29, 1.82) is 0 Å². The summed E-state index contributed by atoms with van der Waals surface area (Å²) < 4.78 is 23.2. The van der Waals surface area contributed by atoms with Gasteiger partial charge in [-0.15, -0.1) is 5.10 Å². The molecule has 2 aromatic carbocycles. The van der Waals surface area contributed by atoms with E-state index in [4.69, 9.17) is 22.1 Å². The molecule has 0 bridgehead atoms. The number of aromatic nitrogens is 3. The smallest absolute Gasteiger partial charge is 0.225 e. The second-order valence-corrected chi connectivity index (χ2v) is 9.12. The van der Waals surface area contributed by atoms with Crippen molar-refractivity contribution in [3.8, 4) is 17.1 Å². The van der Waals surface area contributed by atoms with Crippen LogP contribution in [0, 0.1) is 16.5 Å². The van der Waals surface area contributed by atoms with E-state index in [1.807, 2.05) is 44.5 Å². The van der Waals surface area contributed by atoms with Crippen LogP contribution in [0.4, 0.5) is 4.39 Å². The molecule has 5 rings (SSSR count). The molecule has 178 valence electrons. The highest BCUT2D eigenvalue weighted by Gasteiger charge is 2.29. The van der Waals surface area contributed by atoms with Crippen molar-refractivity contribution >= 4 is 18.1 Å². The molecule has 2 aliphatic heterocycles. The Bertz CT molecular complexity index is 1180. The number of rotatable bonds is 5. The molecule has 0 aliphatic carbocycles. The molecule has 2 aliphatic rings. The monoisotopic (exact) mass is 481 g/mol. The number of benzene rings is 2. The van der Waals surface area contributed by atoms with Crippen molar-refractivity contribution in [2.75, 3.05) is 39.4 Å². The maximum atomic E-state index is 13.6. The van der Waals surface area contributed by atoms with E-state index in [0.717, 1.165) is 43.0 Å². The highest BCUT2D eigenvalue weighted by Crippen LogP contribution is 2.25. The maximum absolute atomic E-state index is 13.6. The van der Waals surface area contributed by atoms with E-state index >= 15 is 0 Å². The highest BCUT2D eigenvalue weighted by atomic mass is 32.1. The summed E-state index contributed by atoms with van der Waals surface area (Å²) in [7, 11) is 0. The van der Waals surface area contributed by atoms with Gasteiger partial charge in [0, 0.05) is 37.7 Å². The molecule has 3 aromatic rings. The van der Waals surface area contributed by atoms with Crippen LogP contribution in [0.25, 0.3) is 17.1 Å². The molecule has 2 fully saturated rings. The van der Waals surface area contributed by atoms with Crippen LogP contribution in [0.1, 0.15) is 12.8 Å². The number of halogens is 1. The Morgan fingerprint density at radius 1 is 1.00 bits per heavy atom. The number of nitrogens with zero attached hydrogens (tertiary/aromatic N) is 5. The van der Waals surface area contributed by atoms with Crippen LogP contribution in [0.15, 0.2) is 54.6 Å². The van der Waals surface area contributed by atoms with Crippen LogP contribution in [-0.2, 0) is 16.2 Å². The second-order valence-electron chi connectivity index (χ2n) is 8.75. The van der Waals surface area contributed by atoms with E-state index in [1.165, 1.54) is 12.1 Å². The fourth-order valence-corrected chi connectivity index (χ4v) is 4.94. The minimum absolute atomic E-state index is 0.0685. The molecule has 0 unspecified atom stereocenters. The molecule has 0 spiro atoms. The predicted octanol–water partition coefficient (Wildman–Crippen LogP) is 3.74. The fraction of sp³-hybridized carbons (Fsp3) is 0.400. The van der Waals surface area contributed by atoms with Crippen LogP contribution in [-0.4, -0.2) is 69.4 Å². The van der Waals surface area contributed by atoms with Gasteiger partial charge in [-0.3, -0.25) is 14.3 Å². The number of piperidine rings is 1. The third kappa shape index (κ3) is 4.82. The average Bonchev–Trinajstić information content (AvgIpc) is 3.21. The summed E-state index contributed by atoms with van der Waals surface area (Å²) in [6, 6.07) is 16.1. The Morgan fingerprint density at radius 2 is 1.68 bits per heavy atom. The minimum Gasteiger partial charge on any atom is -0.378 e. The third-order valence-electron chi connectivity index (χ3n) is 6.55. The van der Waals surface area contributed by atoms with E-state index in [1.54, 1.807) is 12.1 Å². The molecule has 1 aromatic heterocycles. The van der Waals surface area contributed by atoms with Crippen LogP contribution >= 0.6 is 12.2 Å². The van der Waals surface area contributed by atoms with Crippen molar-refractivity contribution in [1.82, 2.24) is 24.1 Å². The first kappa shape index (κ1) is 22.9. The zero-order valence-corrected chi connectivity index (χ0v) is 19.8. The molecule has 3 heterocycles. The minimum atomic E-state index is -0.293. The Morgan fingerprint density at radius 3 is 2.35 bits per heavy atom. The van der Waals surface area contributed by atoms with E-state index in [-0.39, 0.29) is 17.6 Å². The molecule has 0 atom stereocenters. The third-order valence-corrected chi connectivity index (χ3v) is 6.94. The number of carbonyl (C=O) groups is 1. The van der Waals surface area contributed by atoms with Gasteiger partial charge in [0.25, 0.3) is 0 Å². The standard InChI is InChI=1S/C25H28FN5O2S/c26-21-6-8-22(9-7-21)31-23(19-4-2-1-3-5-19)27-30(25(31)34)18-28-12-10-20(11-13-28)24(32)29-14-16-33-17-15-29/h1-9,20H,10-18H2. The number of ether oxygens (including phenoxy) is 1. The van der Waals surface area contributed by atoms with Gasteiger partial charge in [0.15, 0.2) is 5.82 Å². The van der Waals surface area contributed by atoms with Crippen LogP contribution < -0.4 is 0 Å². The van der Waals surface area contributed by atoms with Gasteiger partial charge in [-0.25, -0.2) is 9.07 Å². The summed E-state index contributed by atoms with van der Waals surface area (Å²) in [5.41, 5.74) is 1.71. The van der Waals surface area contributed by atoms with Crippen LogP contribution in [0.5, 0.6) is 0 Å². The lowest BCUT2D eigenvalue weighted by Crippen LogP contribution is -2.47. The molecule has 1 amide bonds. The van der Waals surface area contributed by atoms with Crippen LogP contribution in [0.2, 0.25) is 0 Å². The van der Waals surface area contributed by atoms with Crippen LogP contribution in [0.3, 0.4) is 0 Å². The Kier molecular flexibility index (Phi) is 6.85. The number of carbonyl (C=O) groups excluding carboxylic acids is 1. The Labute approximate surface area is 203 Å². The summed E-state index contributed by atoms with van der Waals surface area (Å²) in [6.07, 6.45) is 1.65. The lowest BCUT2D eigenvalue weighted by Gasteiger charge is -2.35. The molecule has 0 radical (unpaired) electrons. The van der Waals surface area contributed by atoms with E-state index in [9.17, 15) is 9.18 Å². The van der Waals surface area contributed by atoms with E-state index in [2.05, 4.69) is 4.90 Å². The number of morpholine rings is 1. The summed E-state index contributed by atoms with van der Waals surface area (Å²) in [4.78, 5) is 17.1. The van der Waals surface area contributed by atoms with Gasteiger partial charge in [-0.2, -0.15) is 0 Å². The van der Waals surface area contributed by atoms with Gasteiger partial charge >= 0.3 is 0 Å². The first-order valence-corrected chi connectivity index (χ1v) is 12.1. The number of likely N-dealkylation sites (tertiary alicyclic amines) is 1. The molecule has 2 saturated heterocycles. The normalized spacial score (nSPS) is 17.7. The van der Waals surface area contributed by atoms with Crippen molar-refractivity contribution in [3.05, 3.63) is 65.2 Å². The SMILES string of the molecule is O=C(C1CCN(Cn2nc(-c3ccccc3)n(-c3ccc(F)cc3)c2=S)CC1)N1CCOCC1. The largest absolute Gasteiger partial charge is 0.378 e. The van der Waals surface area contributed by atoms with Gasteiger partial charge in [0.2, 0.25) is 10.7 Å². The molecule has 7 nitrogen and oxygen atoms in total. The molecule has 34 heavy (non-hydrogen) atoms. The summed E-state index contributed by atoms with van der Waals surface area (Å²) in [5.74, 6) is 0.749. The van der Waals surface area contributed by atoms with Gasteiger partial charge < -0.3 is 9.64 Å². The number of hydrogen-bond acceptors (Lipinski definition) is 5. The fourth-order valence-electron chi connectivity index (χ4n) is 4.65. The van der Waals surface area contributed by atoms with E-state index in [0.29, 0.717) is 37.7 Å². The maximum Gasteiger partial charge on any atom is 0.225 e. The first-order chi connectivity index (χ1) is 16.6. The number of hydrogen-bond donors (Lipinski definition) is 0. The summed E-state index contributed by atoms with van der Waals surface area (Å²) in [6.45, 7) is 4.81. The van der Waals surface area contributed by atoms with Crippen molar-refractivity contribution in [2.45, 2.75) is 19.5 Å². The lowest BCUT2D eigenvalue weighted by molar-refractivity contribution is -0.141. The second kappa shape index (κ2) is 10.2. The van der Waals surface area contributed by atoms with E-state index < -0.39 is 0 Å². The van der Waals surface area contributed by atoms with Crippen molar-refractivity contribution in [3.63, 3.8) is 0 Å². The topological polar surface area (TPSA) is 55.5 Å². The van der Waals surface area contributed by atoms with Gasteiger partial charge in [-0.05, 0) is 49.3 Å². The van der Waals surface area contributed by atoms with Gasteiger partial charge in [-0.1, -0.05) is 30.3 Å². The van der Waals surface area contributed by atoms with Crippen molar-refractivity contribution < 1.29 is 13.9 Å². The highest BCUT2D eigenvalue weighted by molar-refractivity contribution is 7.71. The molecular formula is C25H28FN5O2S. The Balaban J connectivity index is 1.34. The molecule has 0 saturated carbocycles. The van der Waals surface area contributed by atoms with Gasteiger partial charge in [0.05, 0.1) is 25.6 Å². The Hall–Kier alpha value is -2.88. The predicted molar refractivity (Wildman–Crippen MR) is 129 cm³/mol. The number of amides is 1. The molecule has 9 heteroatoms.